The molecule has 2 heterocycles. The van der Waals surface area contributed by atoms with Crippen molar-refractivity contribution in [3.63, 3.8) is 0 Å². The maximum atomic E-state index is 13.5. The number of rotatable bonds is 9. The lowest BCUT2D eigenvalue weighted by Gasteiger charge is -2.38. The molecule has 1 atom stereocenters. The molecule has 2 aliphatic rings. The second-order valence-corrected chi connectivity index (χ2v) is 11.6. The molecule has 1 aromatic heterocycles. The summed E-state index contributed by atoms with van der Waals surface area (Å²) < 4.78 is 30.2. The summed E-state index contributed by atoms with van der Waals surface area (Å²) in [5, 5.41) is 21.9. The Bertz CT molecular complexity index is 1660. The maximum Gasteiger partial charge on any atom is 0.234 e. The predicted octanol–water partition coefficient (Wildman–Crippen LogP) is 4.74. The number of hydrogen-bond acceptors (Lipinski definition) is 12. The van der Waals surface area contributed by atoms with Gasteiger partial charge in [0.05, 0.1) is 44.6 Å². The number of methoxy groups -OCH3 is 3. The smallest absolute Gasteiger partial charge is 0.234 e. The van der Waals surface area contributed by atoms with Crippen molar-refractivity contribution < 1.29 is 28.2 Å². The Morgan fingerprint density at radius 3 is 2.49 bits per heavy atom. The van der Waals surface area contributed by atoms with Gasteiger partial charge < -0.3 is 25.3 Å². The van der Waals surface area contributed by atoms with Crippen molar-refractivity contribution in [1.29, 1.82) is 5.26 Å². The van der Waals surface area contributed by atoms with E-state index in [1.165, 1.54) is 68.7 Å². The third-order valence-electron chi connectivity index (χ3n) is 6.98. The van der Waals surface area contributed by atoms with E-state index in [1.807, 2.05) is 0 Å². The van der Waals surface area contributed by atoms with Gasteiger partial charge in [-0.25, -0.2) is 4.39 Å². The van der Waals surface area contributed by atoms with Crippen molar-refractivity contribution >= 4 is 45.6 Å². The van der Waals surface area contributed by atoms with Crippen molar-refractivity contribution in [2.24, 2.45) is 5.73 Å². The van der Waals surface area contributed by atoms with Crippen LogP contribution >= 0.6 is 23.1 Å². The highest BCUT2D eigenvalue weighted by Gasteiger charge is 2.42. The number of nitrogens with zero attached hydrogens (tertiary/aromatic N) is 4. The van der Waals surface area contributed by atoms with Crippen LogP contribution in [0.4, 0.5) is 15.2 Å². The normalized spacial score (nSPS) is 16.5. The number of carbonyl (C=O) groups excluding carboxylic acids is 2. The lowest BCUT2D eigenvalue weighted by molar-refractivity contribution is -0.116. The quantitative estimate of drug-likeness (QED) is 0.318. The molecule has 1 amide bonds. The molecule has 5 rings (SSSR count). The second kappa shape index (κ2) is 12.7. The number of nitrogens with two attached hydrogens (primary N) is 1. The maximum absolute atomic E-state index is 13.5. The molecule has 0 spiro atoms. The van der Waals surface area contributed by atoms with Crippen molar-refractivity contribution in [3.8, 4) is 23.3 Å². The molecule has 0 saturated heterocycles. The van der Waals surface area contributed by atoms with E-state index in [4.69, 9.17) is 19.9 Å². The van der Waals surface area contributed by atoms with Gasteiger partial charge in [0.25, 0.3) is 0 Å². The average molecular weight is 623 g/mol. The van der Waals surface area contributed by atoms with E-state index in [0.717, 1.165) is 0 Å². The lowest BCUT2D eigenvalue weighted by atomic mass is 9.75. The first kappa shape index (κ1) is 29.9. The fraction of sp³-hybridized carbons (Fsp3) is 0.276. The number of halogens is 1. The molecule has 0 fully saturated rings. The Kier molecular flexibility index (Phi) is 8.84. The highest BCUT2D eigenvalue weighted by molar-refractivity contribution is 8.01. The second-order valence-electron chi connectivity index (χ2n) is 9.47. The Balaban J connectivity index is 1.47. The monoisotopic (exact) mass is 622 g/mol. The molecule has 0 saturated carbocycles. The van der Waals surface area contributed by atoms with Gasteiger partial charge in [0.15, 0.2) is 21.6 Å². The van der Waals surface area contributed by atoms with Gasteiger partial charge in [-0.15, -0.1) is 10.2 Å². The SMILES string of the molecule is COc1cc(C2C(C#N)=C(N)N(c3nnc(SCC(=O)Nc4ccc(F)cc4)s3)C3=C2C(=O)CCC3)cc(OC)c1OC. The third-order valence-corrected chi connectivity index (χ3v) is 9.02. The van der Waals surface area contributed by atoms with Crippen LogP contribution in [0.25, 0.3) is 0 Å². The summed E-state index contributed by atoms with van der Waals surface area (Å²) in [6, 6.07) is 11.1. The van der Waals surface area contributed by atoms with Gasteiger partial charge in [0.2, 0.25) is 16.8 Å². The molecular formula is C29H27FN6O5S2. The van der Waals surface area contributed by atoms with Crippen molar-refractivity contribution in [3.05, 3.63) is 70.4 Å². The molecule has 3 aromatic rings. The summed E-state index contributed by atoms with van der Waals surface area (Å²) in [5.74, 6) is -0.217. The van der Waals surface area contributed by atoms with Crippen LogP contribution in [-0.4, -0.2) is 49.0 Å². The van der Waals surface area contributed by atoms with Crippen molar-refractivity contribution in [2.45, 2.75) is 29.5 Å². The van der Waals surface area contributed by atoms with E-state index in [1.54, 1.807) is 17.0 Å². The number of aromatic nitrogens is 2. The first-order chi connectivity index (χ1) is 20.8. The number of amides is 1. The topological polar surface area (TPSA) is 153 Å². The van der Waals surface area contributed by atoms with Gasteiger partial charge >= 0.3 is 0 Å². The first-order valence-electron chi connectivity index (χ1n) is 13.1. The number of benzene rings is 2. The highest BCUT2D eigenvalue weighted by atomic mass is 32.2. The molecular weight excluding hydrogens is 595 g/mol. The van der Waals surface area contributed by atoms with Gasteiger partial charge in [0, 0.05) is 23.4 Å². The van der Waals surface area contributed by atoms with Crippen molar-refractivity contribution in [1.82, 2.24) is 10.2 Å². The van der Waals surface area contributed by atoms with E-state index >= 15 is 0 Å². The van der Waals surface area contributed by atoms with Crippen LogP contribution in [0.15, 0.2) is 63.4 Å². The predicted molar refractivity (Wildman–Crippen MR) is 160 cm³/mol. The molecule has 1 aliphatic heterocycles. The Morgan fingerprint density at radius 1 is 1.16 bits per heavy atom. The van der Waals surface area contributed by atoms with E-state index in [0.29, 0.717) is 68.5 Å². The van der Waals surface area contributed by atoms with Crippen LogP contribution in [0.5, 0.6) is 17.2 Å². The Morgan fingerprint density at radius 2 is 1.86 bits per heavy atom. The number of ether oxygens (including phenoxy) is 3. The van der Waals surface area contributed by atoms with Gasteiger partial charge in [-0.3, -0.25) is 14.5 Å². The summed E-state index contributed by atoms with van der Waals surface area (Å²) in [4.78, 5) is 27.5. The summed E-state index contributed by atoms with van der Waals surface area (Å²) in [5.41, 5.74) is 9.00. The zero-order valence-electron chi connectivity index (χ0n) is 23.5. The van der Waals surface area contributed by atoms with E-state index in [-0.39, 0.29) is 28.8 Å². The Hall–Kier alpha value is -4.61. The van der Waals surface area contributed by atoms with Crippen LogP contribution in [0.2, 0.25) is 0 Å². The largest absolute Gasteiger partial charge is 0.493 e. The van der Waals surface area contributed by atoms with Gasteiger partial charge in [0.1, 0.15) is 11.6 Å². The van der Waals surface area contributed by atoms with Crippen LogP contribution in [0, 0.1) is 17.1 Å². The number of allylic oxidation sites excluding steroid dienone is 3. The van der Waals surface area contributed by atoms with Crippen LogP contribution in [0.3, 0.4) is 0 Å². The van der Waals surface area contributed by atoms with Crippen molar-refractivity contribution in [2.75, 3.05) is 37.3 Å². The molecule has 14 heteroatoms. The fourth-order valence-corrected chi connectivity index (χ4v) is 6.80. The lowest BCUT2D eigenvalue weighted by Crippen LogP contribution is -2.38. The molecule has 2 aromatic carbocycles. The highest BCUT2D eigenvalue weighted by Crippen LogP contribution is 2.50. The minimum Gasteiger partial charge on any atom is -0.493 e. The van der Waals surface area contributed by atoms with Crippen LogP contribution < -0.4 is 30.2 Å². The molecule has 1 aliphatic carbocycles. The van der Waals surface area contributed by atoms with Gasteiger partial charge in [-0.05, 0) is 54.8 Å². The third kappa shape index (κ3) is 5.86. The molecule has 1 unspecified atom stereocenters. The number of Topliss-reactive ketones (excluding diaryl/α,β-unsaturated/α-hetero) is 1. The molecule has 0 bridgehead atoms. The number of hydrogen-bond donors (Lipinski definition) is 2. The average Bonchev–Trinajstić information content (AvgIpc) is 3.48. The summed E-state index contributed by atoms with van der Waals surface area (Å²) in [6.07, 6.45) is 1.46. The Labute approximate surface area is 255 Å². The van der Waals surface area contributed by atoms with Gasteiger partial charge in [-0.2, -0.15) is 5.26 Å². The minimum absolute atomic E-state index is 0.0381. The standard InChI is InChI=1S/C29H27FN6O5S2/c1-39-21-11-15(12-22(40-2)26(21)41-3)24-18(13-31)27(32)36(19-5-4-6-20(37)25(19)24)28-34-35-29(43-28)42-14-23(38)33-17-9-7-16(30)8-10-17/h7-12,24H,4-6,14,32H2,1-3H3,(H,33,38). The molecule has 3 N–H and O–H groups in total. The fourth-order valence-electron chi connectivity index (χ4n) is 5.12. The zero-order chi connectivity index (χ0) is 30.7. The summed E-state index contributed by atoms with van der Waals surface area (Å²) in [7, 11) is 4.48. The van der Waals surface area contributed by atoms with E-state index in [2.05, 4.69) is 21.6 Å². The summed E-state index contributed by atoms with van der Waals surface area (Å²) in [6.45, 7) is 0. The number of thioether (sulfide) groups is 1. The number of nitriles is 1. The summed E-state index contributed by atoms with van der Waals surface area (Å²) >= 11 is 2.36. The zero-order valence-corrected chi connectivity index (χ0v) is 25.1. The number of nitrogens with one attached hydrogen (secondary N) is 1. The number of anilines is 2. The van der Waals surface area contributed by atoms with Crippen LogP contribution in [-0.2, 0) is 9.59 Å². The van der Waals surface area contributed by atoms with Gasteiger partial charge in [-0.1, -0.05) is 23.1 Å². The molecule has 43 heavy (non-hydrogen) atoms. The van der Waals surface area contributed by atoms with E-state index < -0.39 is 11.7 Å². The molecule has 0 radical (unpaired) electrons. The van der Waals surface area contributed by atoms with E-state index in [9.17, 15) is 19.2 Å². The number of ketones is 1. The van der Waals surface area contributed by atoms with Crippen LogP contribution in [0.1, 0.15) is 30.7 Å². The molecule has 11 nitrogen and oxygen atoms in total. The number of carbonyl (C=O) groups is 2. The molecule has 222 valence electrons. The first-order valence-corrected chi connectivity index (χ1v) is 14.9. The minimum atomic E-state index is -0.755.